The normalized spacial score (nSPS) is 10.8. The second-order valence-electron chi connectivity index (χ2n) is 3.89. The van der Waals surface area contributed by atoms with E-state index >= 15 is 0 Å². The van der Waals surface area contributed by atoms with E-state index in [1.54, 1.807) is 42.5 Å². The van der Waals surface area contributed by atoms with Crippen LogP contribution in [0.5, 0.6) is 0 Å². The van der Waals surface area contributed by atoms with Crippen LogP contribution in [-0.2, 0) is 0 Å². The number of carbonyl (C=O) groups excluding carboxylic acids is 1. The largest absolute Gasteiger partial charge is 0.288 e. The van der Waals surface area contributed by atoms with Crippen molar-refractivity contribution in [1.82, 2.24) is 0 Å². The van der Waals surface area contributed by atoms with Crippen LogP contribution in [0.2, 0.25) is 0 Å². The van der Waals surface area contributed by atoms with Crippen molar-refractivity contribution in [2.24, 2.45) is 0 Å². The molecule has 2 rings (SSSR count). The van der Waals surface area contributed by atoms with E-state index in [1.165, 1.54) is 18.2 Å². The molecule has 2 aromatic carbocycles. The average Bonchev–Trinajstić information content (AvgIpc) is 2.47. The van der Waals surface area contributed by atoms with Crippen molar-refractivity contribution in [3.05, 3.63) is 77.1 Å². The van der Waals surface area contributed by atoms with Crippen molar-refractivity contribution in [3.63, 3.8) is 0 Å². The molecular weight excluding hydrogens is 241 g/mol. The Hall–Kier alpha value is -2.73. The van der Waals surface area contributed by atoms with Crippen LogP contribution in [0.1, 0.15) is 15.9 Å². The number of ketones is 1. The number of Topliss-reactive ketones (excluding diaryl/α,β-unsaturated/α-hetero) is 1. The van der Waals surface area contributed by atoms with E-state index in [0.717, 1.165) is 0 Å². The number of allylic oxidation sites excluding steroid dienone is 1. The molecule has 19 heavy (non-hydrogen) atoms. The molecule has 0 saturated carbocycles. The van der Waals surface area contributed by atoms with Gasteiger partial charge >= 0.3 is 0 Å². The third kappa shape index (κ3) is 2.93. The van der Waals surface area contributed by atoms with E-state index in [2.05, 4.69) is 0 Å². The fraction of sp³-hybridized carbons (Fsp3) is 0. The summed E-state index contributed by atoms with van der Waals surface area (Å²) >= 11 is 0. The first kappa shape index (κ1) is 12.7. The summed E-state index contributed by atoms with van der Waals surface area (Å²) in [6, 6.07) is 16.3. The topological polar surface area (TPSA) is 40.9 Å². The van der Waals surface area contributed by atoms with Crippen LogP contribution in [0.4, 0.5) is 4.39 Å². The Morgan fingerprint density at radius 3 is 2.32 bits per heavy atom. The van der Waals surface area contributed by atoms with Crippen LogP contribution in [-0.4, -0.2) is 5.78 Å². The fourth-order valence-electron chi connectivity index (χ4n) is 1.64. The zero-order valence-corrected chi connectivity index (χ0v) is 10.0. The molecule has 0 radical (unpaired) electrons. The number of nitriles is 1. The highest BCUT2D eigenvalue weighted by atomic mass is 19.1. The van der Waals surface area contributed by atoms with Crippen molar-refractivity contribution in [2.75, 3.05) is 0 Å². The molecule has 0 unspecified atom stereocenters. The highest BCUT2D eigenvalue weighted by Crippen LogP contribution is 2.14. The molecule has 0 spiro atoms. The van der Waals surface area contributed by atoms with Crippen LogP contribution in [0.25, 0.3) is 6.08 Å². The summed E-state index contributed by atoms with van der Waals surface area (Å²) in [6.45, 7) is 0. The van der Waals surface area contributed by atoms with E-state index in [4.69, 9.17) is 5.26 Å². The lowest BCUT2D eigenvalue weighted by Gasteiger charge is -2.00. The molecular formula is C16H10FNO. The third-order valence-corrected chi connectivity index (χ3v) is 2.61. The van der Waals surface area contributed by atoms with Crippen LogP contribution in [0.15, 0.2) is 60.2 Å². The maximum absolute atomic E-state index is 13.5. The van der Waals surface area contributed by atoms with Crippen LogP contribution in [0.3, 0.4) is 0 Å². The molecule has 2 aromatic rings. The monoisotopic (exact) mass is 251 g/mol. The van der Waals surface area contributed by atoms with E-state index in [-0.39, 0.29) is 11.1 Å². The number of hydrogen-bond donors (Lipinski definition) is 0. The lowest BCUT2D eigenvalue weighted by molar-refractivity contribution is 0.104. The minimum Gasteiger partial charge on any atom is -0.288 e. The van der Waals surface area contributed by atoms with Gasteiger partial charge in [-0.2, -0.15) is 5.26 Å². The second-order valence-corrected chi connectivity index (χ2v) is 3.89. The molecule has 0 heterocycles. The molecule has 0 N–H and O–H groups in total. The van der Waals surface area contributed by atoms with Gasteiger partial charge in [-0.1, -0.05) is 48.5 Å². The SMILES string of the molecule is N#C/C(=C\c1ccccc1F)C(=O)c1ccccc1. The van der Waals surface area contributed by atoms with Gasteiger partial charge in [-0.3, -0.25) is 4.79 Å². The Bertz CT molecular complexity index is 669. The van der Waals surface area contributed by atoms with Gasteiger partial charge in [0.1, 0.15) is 17.5 Å². The summed E-state index contributed by atoms with van der Waals surface area (Å²) in [5.74, 6) is -0.873. The number of rotatable bonds is 3. The first-order valence-corrected chi connectivity index (χ1v) is 5.68. The summed E-state index contributed by atoms with van der Waals surface area (Å²) in [4.78, 5) is 12.1. The van der Waals surface area contributed by atoms with E-state index < -0.39 is 11.6 Å². The van der Waals surface area contributed by atoms with Gasteiger partial charge in [-0.15, -0.1) is 0 Å². The van der Waals surface area contributed by atoms with Crippen molar-refractivity contribution in [3.8, 4) is 6.07 Å². The maximum Gasteiger partial charge on any atom is 0.203 e. The van der Waals surface area contributed by atoms with Gasteiger partial charge in [0.15, 0.2) is 0 Å². The molecule has 3 heteroatoms. The summed E-state index contributed by atoms with van der Waals surface area (Å²) in [5, 5.41) is 9.05. The zero-order valence-electron chi connectivity index (χ0n) is 10.0. The molecule has 0 amide bonds. The van der Waals surface area contributed by atoms with Gasteiger partial charge in [-0.25, -0.2) is 4.39 Å². The molecule has 92 valence electrons. The minimum absolute atomic E-state index is 0.0868. The number of nitrogens with zero attached hydrogens (tertiary/aromatic N) is 1. The van der Waals surface area contributed by atoms with Crippen molar-refractivity contribution >= 4 is 11.9 Å². The Labute approximate surface area is 110 Å². The predicted molar refractivity (Wildman–Crippen MR) is 70.8 cm³/mol. The predicted octanol–water partition coefficient (Wildman–Crippen LogP) is 3.62. The maximum atomic E-state index is 13.5. The van der Waals surface area contributed by atoms with Gasteiger partial charge in [-0.05, 0) is 12.1 Å². The number of hydrogen-bond acceptors (Lipinski definition) is 2. The number of benzene rings is 2. The zero-order chi connectivity index (χ0) is 13.7. The van der Waals surface area contributed by atoms with Crippen molar-refractivity contribution < 1.29 is 9.18 Å². The molecule has 0 aliphatic carbocycles. The minimum atomic E-state index is -0.462. The van der Waals surface area contributed by atoms with Gasteiger partial charge < -0.3 is 0 Å². The Morgan fingerprint density at radius 2 is 1.68 bits per heavy atom. The summed E-state index contributed by atoms with van der Waals surface area (Å²) in [7, 11) is 0. The smallest absolute Gasteiger partial charge is 0.203 e. The molecule has 0 fully saturated rings. The Morgan fingerprint density at radius 1 is 1.05 bits per heavy atom. The second kappa shape index (κ2) is 5.74. The van der Waals surface area contributed by atoms with E-state index in [1.807, 2.05) is 6.07 Å². The number of halogens is 1. The highest BCUT2D eigenvalue weighted by Gasteiger charge is 2.12. The third-order valence-electron chi connectivity index (χ3n) is 2.61. The van der Waals surface area contributed by atoms with Gasteiger partial charge in [0.2, 0.25) is 5.78 Å². The molecule has 0 bridgehead atoms. The molecule has 0 aliphatic rings. The van der Waals surface area contributed by atoms with Crippen molar-refractivity contribution in [2.45, 2.75) is 0 Å². The number of carbonyl (C=O) groups is 1. The standard InChI is InChI=1S/C16H10FNO/c17-15-9-5-4-8-13(15)10-14(11-18)16(19)12-6-2-1-3-7-12/h1-10H/b14-10+. The highest BCUT2D eigenvalue weighted by molar-refractivity contribution is 6.14. The lowest BCUT2D eigenvalue weighted by atomic mass is 10.0. The average molecular weight is 251 g/mol. The lowest BCUT2D eigenvalue weighted by Crippen LogP contribution is -2.01. The fourth-order valence-corrected chi connectivity index (χ4v) is 1.64. The molecule has 0 aliphatic heterocycles. The molecule has 0 atom stereocenters. The van der Waals surface area contributed by atoms with E-state index in [0.29, 0.717) is 5.56 Å². The molecule has 0 saturated heterocycles. The quantitative estimate of drug-likeness (QED) is 0.475. The van der Waals surface area contributed by atoms with Crippen molar-refractivity contribution in [1.29, 1.82) is 5.26 Å². The first-order chi connectivity index (χ1) is 9.22. The summed E-state index contributed by atoms with van der Waals surface area (Å²) < 4.78 is 13.5. The first-order valence-electron chi connectivity index (χ1n) is 5.68. The van der Waals surface area contributed by atoms with E-state index in [9.17, 15) is 9.18 Å². The summed E-state index contributed by atoms with van der Waals surface area (Å²) in [5.41, 5.74) is 0.547. The van der Waals surface area contributed by atoms with Gasteiger partial charge in [0, 0.05) is 11.1 Å². The van der Waals surface area contributed by atoms with Crippen LogP contribution >= 0.6 is 0 Å². The Balaban J connectivity index is 2.39. The molecule has 2 nitrogen and oxygen atoms in total. The van der Waals surface area contributed by atoms with Gasteiger partial charge in [0.25, 0.3) is 0 Å². The van der Waals surface area contributed by atoms with Crippen LogP contribution in [0, 0.1) is 17.1 Å². The van der Waals surface area contributed by atoms with Crippen LogP contribution < -0.4 is 0 Å². The van der Waals surface area contributed by atoms with Gasteiger partial charge in [0.05, 0.1) is 0 Å². The molecule has 0 aromatic heterocycles. The summed E-state index contributed by atoms with van der Waals surface area (Å²) in [6.07, 6.45) is 1.27. The Kier molecular flexibility index (Phi) is 3.84.